The summed E-state index contributed by atoms with van der Waals surface area (Å²) in [7, 11) is 0. The van der Waals surface area contributed by atoms with Gasteiger partial charge in [-0.3, -0.25) is 0 Å². The van der Waals surface area contributed by atoms with Crippen LogP contribution in [0.3, 0.4) is 0 Å². The van der Waals surface area contributed by atoms with E-state index in [1.54, 1.807) is 12.1 Å². The van der Waals surface area contributed by atoms with Gasteiger partial charge in [0.1, 0.15) is 5.82 Å². The Kier molecular flexibility index (Phi) is 3.85. The average molecular weight is 302 g/mol. The molecule has 1 aliphatic heterocycles. The fourth-order valence-electron chi connectivity index (χ4n) is 2.00. The molecule has 94 valence electrons. The topological polar surface area (TPSA) is 21.3 Å². The average Bonchev–Trinajstić information content (AvgIpc) is 2.33. The number of ether oxygens (including phenoxy) is 1. The Morgan fingerprint density at radius 3 is 3.00 bits per heavy atom. The normalized spacial score (nSPS) is 29.3. The van der Waals surface area contributed by atoms with Gasteiger partial charge in [0.15, 0.2) is 0 Å². The van der Waals surface area contributed by atoms with Gasteiger partial charge in [0.05, 0.1) is 16.2 Å². The number of morpholine rings is 1. The summed E-state index contributed by atoms with van der Waals surface area (Å²) >= 11 is 3.21. The van der Waals surface area contributed by atoms with Crippen LogP contribution in [0.2, 0.25) is 0 Å². The van der Waals surface area contributed by atoms with Gasteiger partial charge in [0.2, 0.25) is 0 Å². The highest BCUT2D eigenvalue weighted by atomic mass is 79.9. The zero-order valence-electron chi connectivity index (χ0n) is 10.1. The lowest BCUT2D eigenvalue weighted by molar-refractivity contribution is -0.109. The number of halogens is 2. The second-order valence-electron chi connectivity index (χ2n) is 4.71. The van der Waals surface area contributed by atoms with Crippen molar-refractivity contribution in [1.82, 2.24) is 5.32 Å². The quantitative estimate of drug-likeness (QED) is 0.904. The third-order valence-electron chi connectivity index (χ3n) is 3.32. The molecule has 2 nitrogen and oxygen atoms in total. The summed E-state index contributed by atoms with van der Waals surface area (Å²) in [5.41, 5.74) is 0.870. The number of nitrogens with one attached hydrogen (secondary N) is 1. The lowest BCUT2D eigenvalue weighted by Crippen LogP contribution is -2.48. The molecule has 1 aromatic rings. The van der Waals surface area contributed by atoms with Crippen LogP contribution in [-0.4, -0.2) is 18.7 Å². The molecular formula is C13H17BrFNO. The monoisotopic (exact) mass is 301 g/mol. The van der Waals surface area contributed by atoms with E-state index in [-0.39, 0.29) is 17.5 Å². The largest absolute Gasteiger partial charge is 0.365 e. The molecule has 0 spiro atoms. The maximum absolute atomic E-state index is 13.2. The molecule has 0 bridgehead atoms. The van der Waals surface area contributed by atoms with E-state index in [1.165, 1.54) is 6.07 Å². The van der Waals surface area contributed by atoms with Gasteiger partial charge in [-0.15, -0.1) is 0 Å². The Hall–Kier alpha value is -0.450. The van der Waals surface area contributed by atoms with Crippen LogP contribution in [0.5, 0.6) is 0 Å². The first kappa shape index (κ1) is 13.0. The van der Waals surface area contributed by atoms with E-state index in [0.29, 0.717) is 4.47 Å². The third-order valence-corrected chi connectivity index (χ3v) is 3.93. The molecule has 0 aromatic heterocycles. The summed E-state index contributed by atoms with van der Waals surface area (Å²) in [6, 6.07) is 5.05. The van der Waals surface area contributed by atoms with Gasteiger partial charge in [-0.1, -0.05) is 13.0 Å². The van der Waals surface area contributed by atoms with Crippen LogP contribution in [0.15, 0.2) is 22.7 Å². The summed E-state index contributed by atoms with van der Waals surface area (Å²) in [6.07, 6.45) is 0.949. The first-order valence-corrected chi connectivity index (χ1v) is 6.67. The van der Waals surface area contributed by atoms with Crippen molar-refractivity contribution in [2.75, 3.05) is 13.1 Å². The fraction of sp³-hybridized carbons (Fsp3) is 0.538. The zero-order chi connectivity index (χ0) is 12.5. The van der Waals surface area contributed by atoms with Gasteiger partial charge in [-0.25, -0.2) is 4.39 Å². The van der Waals surface area contributed by atoms with E-state index in [9.17, 15) is 4.39 Å². The van der Waals surface area contributed by atoms with Crippen LogP contribution < -0.4 is 5.32 Å². The van der Waals surface area contributed by atoms with Crippen LogP contribution >= 0.6 is 15.9 Å². The van der Waals surface area contributed by atoms with Crippen molar-refractivity contribution >= 4 is 15.9 Å². The van der Waals surface area contributed by atoms with Crippen LogP contribution in [-0.2, 0) is 4.74 Å². The lowest BCUT2D eigenvalue weighted by atomic mass is 9.98. The van der Waals surface area contributed by atoms with Crippen molar-refractivity contribution in [3.63, 3.8) is 0 Å². The van der Waals surface area contributed by atoms with Gasteiger partial charge in [0, 0.05) is 13.1 Å². The lowest BCUT2D eigenvalue weighted by Gasteiger charge is -2.39. The molecule has 0 aliphatic carbocycles. The Morgan fingerprint density at radius 1 is 1.59 bits per heavy atom. The molecule has 1 aromatic carbocycles. The molecule has 17 heavy (non-hydrogen) atoms. The zero-order valence-corrected chi connectivity index (χ0v) is 11.7. The Morgan fingerprint density at radius 2 is 2.35 bits per heavy atom. The molecule has 1 fully saturated rings. The highest BCUT2D eigenvalue weighted by Crippen LogP contribution is 2.30. The smallest absolute Gasteiger partial charge is 0.137 e. The predicted octanol–water partition coefficient (Wildman–Crippen LogP) is 3.42. The van der Waals surface area contributed by atoms with Crippen molar-refractivity contribution in [2.24, 2.45) is 0 Å². The minimum atomic E-state index is -0.240. The van der Waals surface area contributed by atoms with Crippen molar-refractivity contribution in [1.29, 1.82) is 0 Å². The van der Waals surface area contributed by atoms with Gasteiger partial charge in [-0.05, 0) is 47.0 Å². The Balaban J connectivity index is 2.19. The van der Waals surface area contributed by atoms with Crippen LogP contribution in [0, 0.1) is 5.82 Å². The van der Waals surface area contributed by atoms with Crippen molar-refractivity contribution < 1.29 is 9.13 Å². The molecule has 0 radical (unpaired) electrons. The second-order valence-corrected chi connectivity index (χ2v) is 5.57. The maximum atomic E-state index is 13.2. The molecule has 1 heterocycles. The molecule has 4 heteroatoms. The Bertz CT molecular complexity index is 412. The standard InChI is InChI=1S/C13H17BrFNO/c1-3-13(2)8-16-7-12(17-13)9-4-5-11(15)10(14)6-9/h4-6,12,16H,3,7-8H2,1-2H3. The highest BCUT2D eigenvalue weighted by molar-refractivity contribution is 9.10. The summed E-state index contributed by atoms with van der Waals surface area (Å²) in [4.78, 5) is 0. The van der Waals surface area contributed by atoms with Gasteiger partial charge < -0.3 is 10.1 Å². The molecular weight excluding hydrogens is 285 g/mol. The fourth-order valence-corrected chi connectivity index (χ4v) is 2.40. The van der Waals surface area contributed by atoms with Gasteiger partial charge in [-0.2, -0.15) is 0 Å². The van der Waals surface area contributed by atoms with Crippen LogP contribution in [0.4, 0.5) is 4.39 Å². The van der Waals surface area contributed by atoms with Crippen molar-refractivity contribution in [3.05, 3.63) is 34.1 Å². The van der Waals surface area contributed by atoms with E-state index in [0.717, 1.165) is 25.1 Å². The molecule has 1 N–H and O–H groups in total. The summed E-state index contributed by atoms with van der Waals surface area (Å²) in [5, 5.41) is 3.37. The van der Waals surface area contributed by atoms with Gasteiger partial charge in [0.25, 0.3) is 0 Å². The summed E-state index contributed by atoms with van der Waals surface area (Å²) < 4.78 is 19.8. The van der Waals surface area contributed by atoms with Crippen LogP contribution in [0.1, 0.15) is 31.9 Å². The molecule has 2 unspecified atom stereocenters. The van der Waals surface area contributed by atoms with Crippen molar-refractivity contribution in [3.8, 4) is 0 Å². The van der Waals surface area contributed by atoms with Crippen LogP contribution in [0.25, 0.3) is 0 Å². The first-order valence-electron chi connectivity index (χ1n) is 5.87. The van der Waals surface area contributed by atoms with E-state index >= 15 is 0 Å². The molecule has 2 rings (SSSR count). The molecule has 0 amide bonds. The second kappa shape index (κ2) is 5.04. The van der Waals surface area contributed by atoms with E-state index in [2.05, 4.69) is 35.1 Å². The SMILES string of the molecule is CCC1(C)CNCC(c2ccc(F)c(Br)c2)O1. The number of hydrogen-bond donors (Lipinski definition) is 1. The third kappa shape index (κ3) is 2.87. The highest BCUT2D eigenvalue weighted by Gasteiger charge is 2.31. The maximum Gasteiger partial charge on any atom is 0.137 e. The molecule has 1 aliphatic rings. The van der Waals surface area contributed by atoms with E-state index in [1.807, 2.05) is 0 Å². The Labute approximate surface area is 110 Å². The molecule has 2 atom stereocenters. The number of rotatable bonds is 2. The summed E-state index contributed by atoms with van der Waals surface area (Å²) in [5.74, 6) is -0.240. The first-order chi connectivity index (χ1) is 8.04. The summed E-state index contributed by atoms with van der Waals surface area (Å²) in [6.45, 7) is 5.85. The van der Waals surface area contributed by atoms with E-state index in [4.69, 9.17) is 4.74 Å². The van der Waals surface area contributed by atoms with Gasteiger partial charge >= 0.3 is 0 Å². The minimum absolute atomic E-state index is 0.00870. The number of hydrogen-bond acceptors (Lipinski definition) is 2. The minimum Gasteiger partial charge on any atom is -0.365 e. The predicted molar refractivity (Wildman–Crippen MR) is 69.5 cm³/mol. The molecule has 0 saturated carbocycles. The van der Waals surface area contributed by atoms with Crippen molar-refractivity contribution in [2.45, 2.75) is 32.0 Å². The number of benzene rings is 1. The molecule has 1 saturated heterocycles. The van der Waals surface area contributed by atoms with E-state index < -0.39 is 0 Å².